The van der Waals surface area contributed by atoms with E-state index in [9.17, 15) is 4.79 Å². The second kappa shape index (κ2) is 15.0. The average molecular weight is 677 g/mol. The maximum atomic E-state index is 11.7. The number of aromatic nitrogens is 1. The predicted octanol–water partition coefficient (Wildman–Crippen LogP) is 9.40. The van der Waals surface area contributed by atoms with Gasteiger partial charge in [0, 0.05) is 55.5 Å². The van der Waals surface area contributed by atoms with Gasteiger partial charge in [-0.1, -0.05) is 77.9 Å². The molecule has 0 saturated heterocycles. The van der Waals surface area contributed by atoms with Gasteiger partial charge < -0.3 is 18.2 Å². The Hall–Kier alpha value is -2.50. The lowest BCUT2D eigenvalue weighted by molar-refractivity contribution is -0.134. The second-order valence-electron chi connectivity index (χ2n) is 16.2. The van der Waals surface area contributed by atoms with E-state index in [4.69, 9.17) is 13.6 Å². The molecule has 1 aliphatic carbocycles. The minimum atomic E-state index is -1.85. The van der Waals surface area contributed by atoms with Gasteiger partial charge >= 0.3 is 5.97 Å². The summed E-state index contributed by atoms with van der Waals surface area (Å²) in [6.07, 6.45) is 8.81. The molecule has 1 aromatic heterocycles. The van der Waals surface area contributed by atoms with Crippen molar-refractivity contribution in [1.82, 2.24) is 9.47 Å². The number of fused-ring (bicyclic) bond motifs is 2. The fraction of sp³-hybridized carbons (Fsp3) is 0.564. The monoisotopic (exact) mass is 676 g/mol. The summed E-state index contributed by atoms with van der Waals surface area (Å²) in [5.74, 6) is -0.333. The van der Waals surface area contributed by atoms with Gasteiger partial charge in [0.25, 0.3) is 0 Å². The maximum Gasteiger partial charge on any atom is 0.330 e. The Labute approximate surface area is 286 Å². The Kier molecular flexibility index (Phi) is 11.9. The van der Waals surface area contributed by atoms with Gasteiger partial charge in [-0.3, -0.25) is 4.90 Å². The molecule has 4 rings (SSSR count). The molecule has 8 heteroatoms. The van der Waals surface area contributed by atoms with Gasteiger partial charge in [0.15, 0.2) is 16.6 Å². The maximum absolute atomic E-state index is 11.7. The van der Waals surface area contributed by atoms with Gasteiger partial charge in [0.1, 0.15) is 0 Å². The first-order chi connectivity index (χ1) is 21.9. The molecule has 0 spiro atoms. The molecule has 0 radical (unpaired) electrons. The first kappa shape index (κ1) is 37.3. The highest BCUT2D eigenvalue weighted by atomic mass is 28.4. The minimum Gasteiger partial charge on any atom is -0.466 e. The molecular weight excluding hydrogens is 617 g/mol. The van der Waals surface area contributed by atoms with Crippen LogP contribution in [0.4, 0.5) is 0 Å². The number of esters is 1. The first-order valence-corrected chi connectivity index (χ1v) is 23.2. The normalized spacial score (nSPS) is 16.0. The number of benzene rings is 2. The van der Waals surface area contributed by atoms with E-state index in [1.54, 1.807) is 0 Å². The van der Waals surface area contributed by atoms with E-state index in [-0.39, 0.29) is 16.0 Å². The topological polar surface area (TPSA) is 52.9 Å². The summed E-state index contributed by atoms with van der Waals surface area (Å²) in [4.78, 5) is 14.3. The van der Waals surface area contributed by atoms with E-state index in [0.717, 1.165) is 57.7 Å². The molecule has 6 nitrogen and oxygen atoms in total. The lowest BCUT2D eigenvalue weighted by Gasteiger charge is -2.37. The second-order valence-corrected chi connectivity index (χ2v) is 25.9. The highest BCUT2D eigenvalue weighted by Crippen LogP contribution is 2.39. The highest BCUT2D eigenvalue weighted by molar-refractivity contribution is 6.74. The molecule has 2 aromatic carbocycles. The van der Waals surface area contributed by atoms with Crippen molar-refractivity contribution < 1.29 is 18.4 Å². The number of nitrogens with zero attached hydrogens (tertiary/aromatic N) is 2. The van der Waals surface area contributed by atoms with Gasteiger partial charge in [-0.15, -0.1) is 0 Å². The van der Waals surface area contributed by atoms with Crippen molar-refractivity contribution in [2.75, 3.05) is 33.4 Å². The van der Waals surface area contributed by atoms with E-state index in [2.05, 4.69) is 126 Å². The van der Waals surface area contributed by atoms with Crippen molar-refractivity contribution >= 4 is 39.6 Å². The summed E-state index contributed by atoms with van der Waals surface area (Å²) >= 11 is 0. The molecule has 0 saturated carbocycles. The smallest absolute Gasteiger partial charge is 0.330 e. The van der Waals surface area contributed by atoms with Crippen LogP contribution in [0.3, 0.4) is 0 Å². The van der Waals surface area contributed by atoms with Crippen LogP contribution in [0, 0.1) is 0 Å². The molecular formula is C39H60N2O4Si2. The van der Waals surface area contributed by atoms with Crippen molar-refractivity contribution in [1.29, 1.82) is 0 Å². The average Bonchev–Trinajstić information content (AvgIpc) is 3.57. The summed E-state index contributed by atoms with van der Waals surface area (Å²) in [5, 5.41) is 1.72. The van der Waals surface area contributed by atoms with Crippen molar-refractivity contribution in [3.8, 4) is 0 Å². The van der Waals surface area contributed by atoms with Crippen LogP contribution in [0.1, 0.15) is 76.3 Å². The third-order valence-corrected chi connectivity index (χ3v) is 20.1. The van der Waals surface area contributed by atoms with Crippen LogP contribution in [0.5, 0.6) is 0 Å². The number of rotatable bonds is 14. The van der Waals surface area contributed by atoms with E-state index >= 15 is 0 Å². The number of aryl methyl sites for hydroxylation is 1. The van der Waals surface area contributed by atoms with Crippen LogP contribution in [0.25, 0.3) is 17.0 Å². The predicted molar refractivity (Wildman–Crippen MR) is 202 cm³/mol. The minimum absolute atomic E-state index is 0.183. The molecule has 0 bridgehead atoms. The van der Waals surface area contributed by atoms with Crippen LogP contribution in [0.2, 0.25) is 36.3 Å². The molecule has 1 atom stereocenters. The third kappa shape index (κ3) is 9.15. The van der Waals surface area contributed by atoms with Gasteiger partial charge in [-0.2, -0.15) is 0 Å². The Morgan fingerprint density at radius 2 is 1.60 bits per heavy atom. The summed E-state index contributed by atoms with van der Waals surface area (Å²) in [7, 11) is -2.25. The Bertz CT molecular complexity index is 1540. The molecule has 0 aliphatic heterocycles. The zero-order valence-electron chi connectivity index (χ0n) is 31.0. The SMILES string of the molecule is COC(=O)/C=C/c1ccc2c(c1)CCC2N(CCO[Si](C)(C)C(C)(C)C)CCc1cn(CCO[Si](C)(C)C(C)(C)C)c2ccccc12. The quantitative estimate of drug-likeness (QED) is 0.0968. The van der Waals surface area contributed by atoms with Crippen molar-refractivity contribution in [3.05, 3.63) is 77.0 Å². The zero-order valence-corrected chi connectivity index (χ0v) is 33.0. The van der Waals surface area contributed by atoms with Gasteiger partial charge in [0.05, 0.1) is 13.7 Å². The van der Waals surface area contributed by atoms with E-state index in [1.165, 1.54) is 40.8 Å². The van der Waals surface area contributed by atoms with Crippen LogP contribution < -0.4 is 0 Å². The fourth-order valence-corrected chi connectivity index (χ4v) is 8.04. The Morgan fingerprint density at radius 3 is 2.26 bits per heavy atom. The van der Waals surface area contributed by atoms with E-state index < -0.39 is 16.6 Å². The largest absolute Gasteiger partial charge is 0.466 e. The first-order valence-electron chi connectivity index (χ1n) is 17.4. The number of ether oxygens (including phenoxy) is 1. The van der Waals surface area contributed by atoms with Gasteiger partial charge in [0.2, 0.25) is 0 Å². The number of carbonyl (C=O) groups excluding carboxylic acids is 1. The van der Waals surface area contributed by atoms with Crippen molar-refractivity contribution in [2.45, 2.75) is 110 Å². The number of carbonyl (C=O) groups is 1. The number of hydrogen-bond acceptors (Lipinski definition) is 5. The highest BCUT2D eigenvalue weighted by Gasteiger charge is 2.38. The Morgan fingerprint density at radius 1 is 0.936 bits per heavy atom. The van der Waals surface area contributed by atoms with Gasteiger partial charge in [-0.25, -0.2) is 4.79 Å². The molecule has 1 aliphatic rings. The van der Waals surface area contributed by atoms with Gasteiger partial charge in [-0.05, 0) is 89.9 Å². The number of methoxy groups -OCH3 is 1. The summed E-state index contributed by atoms with van der Waals surface area (Å²) in [6, 6.07) is 15.8. The third-order valence-electron chi connectivity index (χ3n) is 11.1. The summed E-state index contributed by atoms with van der Waals surface area (Å²) in [5.41, 5.74) is 6.49. The van der Waals surface area contributed by atoms with Crippen molar-refractivity contribution in [2.24, 2.45) is 0 Å². The Balaban J connectivity index is 1.54. The number of para-hydroxylation sites is 1. The molecule has 47 heavy (non-hydrogen) atoms. The molecule has 0 N–H and O–H groups in total. The molecule has 1 unspecified atom stereocenters. The van der Waals surface area contributed by atoms with E-state index in [1.807, 2.05) is 6.08 Å². The zero-order chi connectivity index (χ0) is 34.6. The summed E-state index contributed by atoms with van der Waals surface area (Å²) < 4.78 is 20.5. The van der Waals surface area contributed by atoms with Crippen LogP contribution in [0.15, 0.2) is 54.7 Å². The number of hydrogen-bond donors (Lipinski definition) is 0. The van der Waals surface area contributed by atoms with Crippen molar-refractivity contribution in [3.63, 3.8) is 0 Å². The van der Waals surface area contributed by atoms with Crippen LogP contribution in [-0.4, -0.2) is 65.5 Å². The molecule has 0 fully saturated rings. The summed E-state index contributed by atoms with van der Waals surface area (Å²) in [6.45, 7) is 27.4. The van der Waals surface area contributed by atoms with Crippen LogP contribution >= 0.6 is 0 Å². The lowest BCUT2D eigenvalue weighted by Crippen LogP contribution is -2.43. The molecule has 258 valence electrons. The lowest BCUT2D eigenvalue weighted by atomic mass is 10.0. The fourth-order valence-electron chi connectivity index (χ4n) is 5.98. The van der Waals surface area contributed by atoms with Crippen LogP contribution in [-0.2, 0) is 37.8 Å². The molecule has 0 amide bonds. The van der Waals surface area contributed by atoms with E-state index in [0.29, 0.717) is 6.04 Å². The molecule has 3 aromatic rings. The standard InChI is InChI=1S/C39H60N2O4Si2/c1-38(2,3)46(8,9)44-26-24-40(36-20-18-31-28-30(16-19-34(31)36)17-21-37(42)43-7)23-22-32-29-41(35-15-13-12-14-33(32)35)25-27-45-47(10,11)39(4,5)6/h12-17,19,21,28-29,36H,18,20,22-27H2,1-11H3/b21-17+. The molecule has 1 heterocycles.